The quantitative estimate of drug-likeness (QED) is 0.801. The van der Waals surface area contributed by atoms with Gasteiger partial charge in [0.15, 0.2) is 0 Å². The molecule has 15 heavy (non-hydrogen) atoms. The molecule has 1 aliphatic rings. The van der Waals surface area contributed by atoms with Crippen molar-refractivity contribution in [3.63, 3.8) is 0 Å². The zero-order valence-corrected chi connectivity index (χ0v) is 9.25. The van der Waals surface area contributed by atoms with Gasteiger partial charge < -0.3 is 5.11 Å². The number of phenolic OH excluding ortho intramolecular Hbond substituents is 1. The number of benzene rings is 1. The Morgan fingerprint density at radius 3 is 2.87 bits per heavy atom. The van der Waals surface area contributed by atoms with Gasteiger partial charge in [0.25, 0.3) is 0 Å². The number of carbonyl (C=O) groups is 1. The molecule has 0 aromatic heterocycles. The predicted molar refractivity (Wildman–Crippen MR) is 60.9 cm³/mol. The molecule has 0 saturated carbocycles. The van der Waals surface area contributed by atoms with E-state index in [1.165, 1.54) is 0 Å². The summed E-state index contributed by atoms with van der Waals surface area (Å²) in [7, 11) is 0. The zero-order chi connectivity index (χ0) is 10.8. The summed E-state index contributed by atoms with van der Waals surface area (Å²) in [5.74, 6) is 1.21. The maximum Gasteiger partial charge on any atom is 0.147 e. The monoisotopic (exact) mass is 223 g/mol. The summed E-state index contributed by atoms with van der Waals surface area (Å²) < 4.78 is 0. The summed E-state index contributed by atoms with van der Waals surface area (Å²) in [6.45, 7) is 1.59. The molecule has 3 nitrogen and oxygen atoms in total. The van der Waals surface area contributed by atoms with Crippen LogP contribution in [0.5, 0.6) is 5.75 Å². The van der Waals surface area contributed by atoms with Crippen molar-refractivity contribution in [2.24, 2.45) is 0 Å². The van der Waals surface area contributed by atoms with Crippen LogP contribution in [0.4, 0.5) is 0 Å². The minimum atomic E-state index is -0.0837. The van der Waals surface area contributed by atoms with Crippen LogP contribution in [0, 0.1) is 0 Å². The standard InChI is InChI=1S/C11H13NO2S/c1-7(13)9-6-15-11(12-9)8-4-2-3-5-10(8)14/h2-5,9,11-12,14H,6H2,1H3. The van der Waals surface area contributed by atoms with E-state index in [-0.39, 0.29) is 22.9 Å². The Balaban J connectivity index is 2.14. The summed E-state index contributed by atoms with van der Waals surface area (Å²) in [5.41, 5.74) is 0.853. The van der Waals surface area contributed by atoms with E-state index < -0.39 is 0 Å². The number of phenols is 1. The number of carbonyl (C=O) groups excluding carboxylic acids is 1. The van der Waals surface area contributed by atoms with Gasteiger partial charge in [-0.2, -0.15) is 0 Å². The Labute approximate surface area is 92.9 Å². The number of Topliss-reactive ketones (excluding diaryl/α,β-unsaturated/α-hetero) is 1. The molecule has 1 heterocycles. The van der Waals surface area contributed by atoms with Gasteiger partial charge in [0.2, 0.25) is 0 Å². The van der Waals surface area contributed by atoms with Gasteiger partial charge in [-0.1, -0.05) is 18.2 Å². The number of nitrogens with one attached hydrogen (secondary N) is 1. The van der Waals surface area contributed by atoms with Gasteiger partial charge in [0, 0.05) is 11.3 Å². The highest BCUT2D eigenvalue weighted by Crippen LogP contribution is 2.36. The van der Waals surface area contributed by atoms with Crippen LogP contribution in [0.25, 0.3) is 0 Å². The van der Waals surface area contributed by atoms with E-state index in [1.54, 1.807) is 30.8 Å². The molecule has 0 amide bonds. The highest BCUT2D eigenvalue weighted by molar-refractivity contribution is 7.99. The van der Waals surface area contributed by atoms with Gasteiger partial charge >= 0.3 is 0 Å². The van der Waals surface area contributed by atoms with Crippen molar-refractivity contribution >= 4 is 17.5 Å². The first-order valence-corrected chi connectivity index (χ1v) is 5.89. The second kappa shape index (κ2) is 4.24. The Kier molecular flexibility index (Phi) is 2.98. The largest absolute Gasteiger partial charge is 0.508 e. The van der Waals surface area contributed by atoms with Crippen LogP contribution in [0.2, 0.25) is 0 Å². The summed E-state index contributed by atoms with van der Waals surface area (Å²) in [5, 5.41) is 12.9. The fourth-order valence-corrected chi connectivity index (χ4v) is 2.95. The third-order valence-corrected chi connectivity index (χ3v) is 3.74. The smallest absolute Gasteiger partial charge is 0.147 e. The lowest BCUT2D eigenvalue weighted by molar-refractivity contribution is -0.118. The van der Waals surface area contributed by atoms with E-state index in [1.807, 2.05) is 12.1 Å². The molecule has 2 N–H and O–H groups in total. The number of hydrogen-bond acceptors (Lipinski definition) is 4. The van der Waals surface area contributed by atoms with Crippen molar-refractivity contribution in [3.8, 4) is 5.75 Å². The van der Waals surface area contributed by atoms with E-state index in [4.69, 9.17) is 0 Å². The van der Waals surface area contributed by atoms with E-state index in [9.17, 15) is 9.90 Å². The summed E-state index contributed by atoms with van der Waals surface area (Å²) in [4.78, 5) is 11.2. The second-order valence-corrected chi connectivity index (χ2v) is 4.74. The topological polar surface area (TPSA) is 49.3 Å². The molecule has 80 valence electrons. The van der Waals surface area contributed by atoms with E-state index in [2.05, 4.69) is 5.32 Å². The number of hydrogen-bond donors (Lipinski definition) is 2. The lowest BCUT2D eigenvalue weighted by Gasteiger charge is -2.12. The normalized spacial score (nSPS) is 25.4. The van der Waals surface area contributed by atoms with Crippen LogP contribution < -0.4 is 5.32 Å². The van der Waals surface area contributed by atoms with Crippen LogP contribution in [0.1, 0.15) is 17.9 Å². The van der Waals surface area contributed by atoms with Crippen LogP contribution in [-0.4, -0.2) is 22.7 Å². The van der Waals surface area contributed by atoms with Gasteiger partial charge in [-0.15, -0.1) is 11.8 Å². The van der Waals surface area contributed by atoms with Crippen LogP contribution in [0.15, 0.2) is 24.3 Å². The van der Waals surface area contributed by atoms with Gasteiger partial charge in [-0.25, -0.2) is 0 Å². The Morgan fingerprint density at radius 2 is 2.27 bits per heavy atom. The Bertz CT molecular complexity index is 381. The highest BCUT2D eigenvalue weighted by atomic mass is 32.2. The molecule has 1 fully saturated rings. The third-order valence-electron chi connectivity index (χ3n) is 2.49. The molecule has 1 aromatic carbocycles. The van der Waals surface area contributed by atoms with Gasteiger partial charge in [0.05, 0.1) is 11.4 Å². The maximum absolute atomic E-state index is 11.2. The fraction of sp³-hybridized carbons (Fsp3) is 0.364. The molecule has 0 spiro atoms. The third kappa shape index (κ3) is 2.16. The number of rotatable bonds is 2. The molecule has 0 radical (unpaired) electrons. The lowest BCUT2D eigenvalue weighted by atomic mass is 10.1. The lowest BCUT2D eigenvalue weighted by Crippen LogP contribution is -2.32. The first kappa shape index (κ1) is 10.5. The number of thioether (sulfide) groups is 1. The molecular weight excluding hydrogens is 210 g/mol. The molecular formula is C11H13NO2S. The SMILES string of the molecule is CC(=O)C1CSC(c2ccccc2O)N1. The first-order valence-electron chi connectivity index (χ1n) is 4.84. The van der Waals surface area contributed by atoms with Crippen LogP contribution in [0.3, 0.4) is 0 Å². The minimum Gasteiger partial charge on any atom is -0.508 e. The Hall–Kier alpha value is -1.00. The molecule has 4 heteroatoms. The molecule has 1 aromatic rings. The first-order chi connectivity index (χ1) is 7.18. The average Bonchev–Trinajstić information content (AvgIpc) is 2.67. The molecule has 1 saturated heterocycles. The summed E-state index contributed by atoms with van der Waals surface area (Å²) in [6, 6.07) is 7.14. The number of para-hydroxylation sites is 1. The van der Waals surface area contributed by atoms with Crippen molar-refractivity contribution < 1.29 is 9.90 Å². The maximum atomic E-state index is 11.2. The van der Waals surface area contributed by atoms with Gasteiger partial charge in [-0.3, -0.25) is 10.1 Å². The molecule has 0 aliphatic carbocycles. The highest BCUT2D eigenvalue weighted by Gasteiger charge is 2.29. The van der Waals surface area contributed by atoms with Crippen molar-refractivity contribution in [1.82, 2.24) is 5.32 Å². The molecule has 2 rings (SSSR count). The van der Waals surface area contributed by atoms with Gasteiger partial charge in [-0.05, 0) is 13.0 Å². The summed E-state index contributed by atoms with van der Waals surface area (Å²) in [6.07, 6.45) is 0. The molecule has 2 unspecified atom stereocenters. The van der Waals surface area contributed by atoms with Crippen LogP contribution >= 0.6 is 11.8 Å². The molecule has 1 aliphatic heterocycles. The molecule has 0 bridgehead atoms. The molecule has 2 atom stereocenters. The zero-order valence-electron chi connectivity index (χ0n) is 8.43. The van der Waals surface area contributed by atoms with E-state index >= 15 is 0 Å². The van der Waals surface area contributed by atoms with Crippen molar-refractivity contribution in [2.75, 3.05) is 5.75 Å². The number of aromatic hydroxyl groups is 1. The number of ketones is 1. The Morgan fingerprint density at radius 1 is 1.53 bits per heavy atom. The minimum absolute atomic E-state index is 0.0279. The predicted octanol–water partition coefficient (Wildman–Crippen LogP) is 1.68. The summed E-state index contributed by atoms with van der Waals surface area (Å²) >= 11 is 1.65. The van der Waals surface area contributed by atoms with E-state index in [0.29, 0.717) is 0 Å². The van der Waals surface area contributed by atoms with Gasteiger partial charge in [0.1, 0.15) is 11.5 Å². The van der Waals surface area contributed by atoms with E-state index in [0.717, 1.165) is 11.3 Å². The van der Waals surface area contributed by atoms with Crippen LogP contribution in [-0.2, 0) is 4.79 Å². The fourth-order valence-electron chi connectivity index (χ4n) is 1.59. The average molecular weight is 223 g/mol. The van der Waals surface area contributed by atoms with Crippen molar-refractivity contribution in [2.45, 2.75) is 18.3 Å². The van der Waals surface area contributed by atoms with Crippen molar-refractivity contribution in [3.05, 3.63) is 29.8 Å². The second-order valence-electron chi connectivity index (χ2n) is 3.60. The van der Waals surface area contributed by atoms with Crippen molar-refractivity contribution in [1.29, 1.82) is 0 Å².